The van der Waals surface area contributed by atoms with Crippen LogP contribution in [0.4, 0.5) is 0 Å². The number of halogens is 2. The Morgan fingerprint density at radius 3 is 2.50 bits per heavy atom. The number of methoxy groups -OCH3 is 1. The lowest BCUT2D eigenvalue weighted by Crippen LogP contribution is -2.35. The van der Waals surface area contributed by atoms with Gasteiger partial charge in [0.25, 0.3) is 0 Å². The molecule has 0 saturated heterocycles. The van der Waals surface area contributed by atoms with Gasteiger partial charge in [-0.2, -0.15) is 0 Å². The second kappa shape index (κ2) is 9.52. The summed E-state index contributed by atoms with van der Waals surface area (Å²) < 4.78 is 5.11. The van der Waals surface area contributed by atoms with Crippen molar-refractivity contribution < 1.29 is 9.53 Å². The summed E-state index contributed by atoms with van der Waals surface area (Å²) >= 11 is 6.08. The summed E-state index contributed by atoms with van der Waals surface area (Å²) in [5, 5.41) is 3.42. The Balaban J connectivity index is 0.00000288. The van der Waals surface area contributed by atoms with Crippen LogP contribution in [0.2, 0.25) is 5.02 Å². The summed E-state index contributed by atoms with van der Waals surface area (Å²) in [6.45, 7) is 2.22. The standard InChI is InChI=1S/C18H21ClN2O2.ClH/c1-12(17(20)14-6-4-3-5-7-14)18(22)21-11-13-8-9-16(23-2)15(19)10-13;/h3-10,12,17H,11,20H2,1-2H3,(H,21,22);1H. The Kier molecular flexibility index (Phi) is 8.05. The summed E-state index contributed by atoms with van der Waals surface area (Å²) in [5.74, 6) is 0.195. The molecule has 0 saturated carbocycles. The number of hydrogen-bond donors (Lipinski definition) is 2. The molecule has 0 aliphatic heterocycles. The van der Waals surface area contributed by atoms with Gasteiger partial charge in [0.15, 0.2) is 0 Å². The molecule has 0 aliphatic carbocycles. The first kappa shape index (κ1) is 20.3. The highest BCUT2D eigenvalue weighted by Crippen LogP contribution is 2.25. The van der Waals surface area contributed by atoms with E-state index in [4.69, 9.17) is 22.1 Å². The van der Waals surface area contributed by atoms with Gasteiger partial charge in [0, 0.05) is 12.6 Å². The Labute approximate surface area is 153 Å². The van der Waals surface area contributed by atoms with E-state index in [1.165, 1.54) is 0 Å². The molecule has 6 heteroatoms. The van der Waals surface area contributed by atoms with Crippen molar-refractivity contribution in [1.29, 1.82) is 0 Å². The lowest BCUT2D eigenvalue weighted by atomic mass is 9.94. The molecular formula is C18H22Cl2N2O2. The molecule has 2 atom stereocenters. The zero-order valence-corrected chi connectivity index (χ0v) is 15.2. The van der Waals surface area contributed by atoms with Gasteiger partial charge < -0.3 is 15.8 Å². The van der Waals surface area contributed by atoms with Crippen molar-refractivity contribution in [2.45, 2.75) is 19.5 Å². The first-order chi connectivity index (χ1) is 11.0. The zero-order valence-electron chi connectivity index (χ0n) is 13.7. The number of nitrogens with one attached hydrogen (secondary N) is 1. The van der Waals surface area contributed by atoms with Gasteiger partial charge in [0.2, 0.25) is 5.91 Å². The fraction of sp³-hybridized carbons (Fsp3) is 0.278. The lowest BCUT2D eigenvalue weighted by molar-refractivity contribution is -0.125. The Morgan fingerprint density at radius 2 is 1.92 bits per heavy atom. The van der Waals surface area contributed by atoms with Gasteiger partial charge in [-0.15, -0.1) is 12.4 Å². The maximum Gasteiger partial charge on any atom is 0.225 e. The summed E-state index contributed by atoms with van der Waals surface area (Å²) in [6.07, 6.45) is 0. The maximum absolute atomic E-state index is 12.3. The van der Waals surface area contributed by atoms with Crippen molar-refractivity contribution in [3.05, 3.63) is 64.7 Å². The van der Waals surface area contributed by atoms with Crippen LogP contribution in [0.25, 0.3) is 0 Å². The van der Waals surface area contributed by atoms with Gasteiger partial charge in [-0.05, 0) is 23.3 Å². The molecule has 2 aromatic rings. The summed E-state index contributed by atoms with van der Waals surface area (Å²) in [7, 11) is 1.56. The molecule has 4 nitrogen and oxygen atoms in total. The number of carbonyl (C=O) groups excluding carboxylic acids is 1. The van der Waals surface area contributed by atoms with E-state index in [9.17, 15) is 4.79 Å². The number of carbonyl (C=O) groups is 1. The number of nitrogens with two attached hydrogens (primary N) is 1. The van der Waals surface area contributed by atoms with Gasteiger partial charge in [-0.25, -0.2) is 0 Å². The largest absolute Gasteiger partial charge is 0.495 e. The predicted octanol–water partition coefficient (Wildman–Crippen LogP) is 3.72. The average Bonchev–Trinajstić information content (AvgIpc) is 2.59. The van der Waals surface area contributed by atoms with E-state index in [1.807, 2.05) is 43.3 Å². The second-order valence-electron chi connectivity index (χ2n) is 5.41. The number of hydrogen-bond acceptors (Lipinski definition) is 3. The minimum absolute atomic E-state index is 0. The molecule has 0 aliphatic rings. The van der Waals surface area contributed by atoms with Gasteiger partial charge in [-0.3, -0.25) is 4.79 Å². The fourth-order valence-electron chi connectivity index (χ4n) is 2.30. The highest BCUT2D eigenvalue weighted by Gasteiger charge is 2.21. The third-order valence-electron chi connectivity index (χ3n) is 3.82. The summed E-state index contributed by atoms with van der Waals surface area (Å²) in [5.41, 5.74) is 8.03. The number of amides is 1. The number of ether oxygens (including phenoxy) is 1. The van der Waals surface area contributed by atoms with Crippen LogP contribution in [0, 0.1) is 5.92 Å². The third kappa shape index (κ3) is 5.13. The molecule has 0 aromatic heterocycles. The van der Waals surface area contributed by atoms with Crippen LogP contribution in [0.15, 0.2) is 48.5 Å². The normalized spacial score (nSPS) is 12.7. The van der Waals surface area contributed by atoms with Crippen LogP contribution in [-0.2, 0) is 11.3 Å². The Hall–Kier alpha value is -1.75. The van der Waals surface area contributed by atoms with E-state index >= 15 is 0 Å². The molecule has 2 aromatic carbocycles. The van der Waals surface area contributed by atoms with Crippen LogP contribution in [-0.4, -0.2) is 13.0 Å². The molecule has 2 unspecified atom stereocenters. The highest BCUT2D eigenvalue weighted by molar-refractivity contribution is 6.32. The number of rotatable bonds is 6. The van der Waals surface area contributed by atoms with Crippen molar-refractivity contribution in [2.24, 2.45) is 11.7 Å². The quantitative estimate of drug-likeness (QED) is 0.816. The van der Waals surface area contributed by atoms with Crippen LogP contribution < -0.4 is 15.8 Å². The first-order valence-corrected chi connectivity index (χ1v) is 7.81. The zero-order chi connectivity index (χ0) is 16.8. The van der Waals surface area contributed by atoms with Crippen LogP contribution in [0.5, 0.6) is 5.75 Å². The average molecular weight is 369 g/mol. The first-order valence-electron chi connectivity index (χ1n) is 7.43. The molecule has 2 rings (SSSR count). The lowest BCUT2D eigenvalue weighted by Gasteiger charge is -2.20. The molecule has 0 spiro atoms. The molecule has 0 radical (unpaired) electrons. The molecule has 130 valence electrons. The molecule has 1 amide bonds. The van der Waals surface area contributed by atoms with E-state index in [1.54, 1.807) is 19.2 Å². The van der Waals surface area contributed by atoms with Crippen molar-refractivity contribution in [1.82, 2.24) is 5.32 Å². The second-order valence-corrected chi connectivity index (χ2v) is 5.82. The van der Waals surface area contributed by atoms with Crippen LogP contribution >= 0.6 is 24.0 Å². The Morgan fingerprint density at radius 1 is 1.25 bits per heavy atom. The topological polar surface area (TPSA) is 64.3 Å². The molecular weight excluding hydrogens is 347 g/mol. The summed E-state index contributed by atoms with van der Waals surface area (Å²) in [4.78, 5) is 12.3. The van der Waals surface area contributed by atoms with Gasteiger partial charge in [0.05, 0.1) is 18.1 Å². The molecule has 0 heterocycles. The molecule has 0 bridgehead atoms. The van der Waals surface area contributed by atoms with Gasteiger partial charge >= 0.3 is 0 Å². The SMILES string of the molecule is COc1ccc(CNC(=O)C(C)C(N)c2ccccc2)cc1Cl.Cl. The highest BCUT2D eigenvalue weighted by atomic mass is 35.5. The predicted molar refractivity (Wildman–Crippen MR) is 99.6 cm³/mol. The van der Waals surface area contributed by atoms with Crippen molar-refractivity contribution in [3.63, 3.8) is 0 Å². The van der Waals surface area contributed by atoms with E-state index in [0.717, 1.165) is 11.1 Å². The van der Waals surface area contributed by atoms with Gasteiger partial charge in [-0.1, -0.05) is 54.9 Å². The fourth-order valence-corrected chi connectivity index (χ4v) is 2.58. The molecule has 3 N–H and O–H groups in total. The van der Waals surface area contributed by atoms with E-state index in [2.05, 4.69) is 5.32 Å². The van der Waals surface area contributed by atoms with Gasteiger partial charge in [0.1, 0.15) is 5.75 Å². The monoisotopic (exact) mass is 368 g/mol. The molecule has 24 heavy (non-hydrogen) atoms. The minimum Gasteiger partial charge on any atom is -0.495 e. The van der Waals surface area contributed by atoms with Crippen LogP contribution in [0.3, 0.4) is 0 Å². The van der Waals surface area contributed by atoms with Crippen molar-refractivity contribution in [3.8, 4) is 5.75 Å². The van der Waals surface area contributed by atoms with E-state index < -0.39 is 0 Å². The van der Waals surface area contributed by atoms with E-state index in [-0.39, 0.29) is 30.3 Å². The Bertz CT molecular complexity index is 665. The number of benzene rings is 2. The van der Waals surface area contributed by atoms with Crippen molar-refractivity contribution in [2.75, 3.05) is 7.11 Å². The van der Waals surface area contributed by atoms with Crippen LogP contribution in [0.1, 0.15) is 24.1 Å². The maximum atomic E-state index is 12.3. The third-order valence-corrected chi connectivity index (χ3v) is 4.12. The summed E-state index contributed by atoms with van der Waals surface area (Å²) in [6, 6.07) is 14.7. The van der Waals surface area contributed by atoms with E-state index in [0.29, 0.717) is 17.3 Å². The molecule has 0 fully saturated rings. The minimum atomic E-state index is -0.337. The smallest absolute Gasteiger partial charge is 0.225 e. The van der Waals surface area contributed by atoms with Crippen molar-refractivity contribution >= 4 is 29.9 Å².